The van der Waals surface area contributed by atoms with Crippen molar-refractivity contribution in [3.8, 4) is 17.0 Å². The van der Waals surface area contributed by atoms with Crippen molar-refractivity contribution in [2.75, 3.05) is 12.3 Å². The average molecular weight is 243 g/mol. The van der Waals surface area contributed by atoms with Crippen LogP contribution in [0, 0.1) is 0 Å². The summed E-state index contributed by atoms with van der Waals surface area (Å²) in [7, 11) is 0. The molecule has 1 aromatic heterocycles. The number of ether oxygens (including phenoxy) is 1. The molecule has 0 amide bonds. The first-order chi connectivity index (χ1) is 8.76. The Morgan fingerprint density at radius 3 is 2.72 bits per heavy atom. The normalized spacial score (nSPS) is 10.3. The molecule has 0 atom stereocenters. The molecule has 94 valence electrons. The monoisotopic (exact) mass is 243 g/mol. The molecule has 2 rings (SSSR count). The van der Waals surface area contributed by atoms with Crippen molar-refractivity contribution in [2.45, 2.75) is 13.5 Å². The first kappa shape index (κ1) is 12.2. The summed E-state index contributed by atoms with van der Waals surface area (Å²) in [6, 6.07) is 7.76. The lowest BCUT2D eigenvalue weighted by atomic mass is 10.1. The molecule has 0 saturated heterocycles. The van der Waals surface area contributed by atoms with Gasteiger partial charge in [-0.25, -0.2) is 4.98 Å². The number of aromatic nitrogens is 2. The summed E-state index contributed by atoms with van der Waals surface area (Å²) in [6.45, 7) is 6.98. The number of nitrogens with zero attached hydrogens (tertiary/aromatic N) is 2. The van der Waals surface area contributed by atoms with E-state index in [1.165, 1.54) is 0 Å². The number of allylic oxidation sites excluding steroid dienone is 1. The van der Waals surface area contributed by atoms with Crippen molar-refractivity contribution in [1.29, 1.82) is 0 Å². The fourth-order valence-corrected chi connectivity index (χ4v) is 1.77. The molecule has 0 radical (unpaired) electrons. The van der Waals surface area contributed by atoms with Gasteiger partial charge in [0.25, 0.3) is 0 Å². The molecule has 0 spiro atoms. The Morgan fingerprint density at radius 1 is 1.39 bits per heavy atom. The summed E-state index contributed by atoms with van der Waals surface area (Å²) in [6.07, 6.45) is 3.52. The summed E-state index contributed by atoms with van der Waals surface area (Å²) in [5, 5.41) is 0. The maximum absolute atomic E-state index is 6.04. The van der Waals surface area contributed by atoms with Gasteiger partial charge in [-0.1, -0.05) is 6.08 Å². The van der Waals surface area contributed by atoms with Gasteiger partial charge in [0.1, 0.15) is 17.3 Å². The molecule has 1 heterocycles. The molecule has 18 heavy (non-hydrogen) atoms. The minimum atomic E-state index is 0.652. The Hall–Kier alpha value is -2.23. The third-order valence-electron chi connectivity index (χ3n) is 2.64. The van der Waals surface area contributed by atoms with E-state index in [4.69, 9.17) is 10.5 Å². The third-order valence-corrected chi connectivity index (χ3v) is 2.64. The molecule has 0 fully saturated rings. The second-order valence-corrected chi connectivity index (χ2v) is 3.88. The molecule has 0 aliphatic carbocycles. The zero-order valence-electron chi connectivity index (χ0n) is 10.5. The van der Waals surface area contributed by atoms with Crippen molar-refractivity contribution in [2.24, 2.45) is 0 Å². The van der Waals surface area contributed by atoms with Gasteiger partial charge >= 0.3 is 0 Å². The Morgan fingerprint density at radius 2 is 2.11 bits per heavy atom. The van der Waals surface area contributed by atoms with Crippen molar-refractivity contribution in [3.05, 3.63) is 43.2 Å². The number of rotatable bonds is 5. The van der Waals surface area contributed by atoms with Crippen molar-refractivity contribution >= 4 is 5.82 Å². The number of imidazole rings is 1. The fraction of sp³-hybridized carbons (Fsp3) is 0.214. The van der Waals surface area contributed by atoms with Crippen molar-refractivity contribution < 1.29 is 4.74 Å². The second-order valence-electron chi connectivity index (χ2n) is 3.88. The Balaban J connectivity index is 2.28. The van der Waals surface area contributed by atoms with Gasteiger partial charge in [-0.2, -0.15) is 0 Å². The minimum Gasteiger partial charge on any atom is -0.494 e. The summed E-state index contributed by atoms with van der Waals surface area (Å²) >= 11 is 0. The maximum atomic E-state index is 6.04. The highest BCUT2D eigenvalue weighted by molar-refractivity contribution is 5.70. The molecule has 0 saturated carbocycles. The van der Waals surface area contributed by atoms with E-state index in [2.05, 4.69) is 11.6 Å². The number of nitrogen functional groups attached to an aromatic ring is 1. The predicted octanol–water partition coefficient (Wildman–Crippen LogP) is 2.72. The van der Waals surface area contributed by atoms with Gasteiger partial charge in [0.05, 0.1) is 12.9 Å². The van der Waals surface area contributed by atoms with Gasteiger partial charge in [-0.05, 0) is 31.2 Å². The number of hydrogen-bond donors (Lipinski definition) is 1. The Labute approximate surface area is 107 Å². The first-order valence-electron chi connectivity index (χ1n) is 5.91. The van der Waals surface area contributed by atoms with Gasteiger partial charge in [0, 0.05) is 12.1 Å². The second kappa shape index (κ2) is 5.40. The quantitative estimate of drug-likeness (QED) is 0.821. The zero-order valence-corrected chi connectivity index (χ0v) is 10.5. The van der Waals surface area contributed by atoms with Crippen molar-refractivity contribution in [1.82, 2.24) is 9.55 Å². The van der Waals surface area contributed by atoms with Crippen LogP contribution >= 0.6 is 0 Å². The van der Waals surface area contributed by atoms with Gasteiger partial charge in [-0.15, -0.1) is 6.58 Å². The van der Waals surface area contributed by atoms with Gasteiger partial charge in [-0.3, -0.25) is 0 Å². The Bertz CT molecular complexity index is 528. The van der Waals surface area contributed by atoms with E-state index in [0.29, 0.717) is 19.0 Å². The summed E-state index contributed by atoms with van der Waals surface area (Å²) in [5.74, 6) is 1.50. The highest BCUT2D eigenvalue weighted by Crippen LogP contribution is 2.26. The molecule has 0 bridgehead atoms. The third kappa shape index (κ3) is 2.37. The molecule has 4 heteroatoms. The standard InChI is InChI=1S/C14H17N3O/c1-3-9-17-10-16-13(14(17)15)11-5-7-12(8-6-11)18-4-2/h3,5-8,10H,1,4,9,15H2,2H3. The van der Waals surface area contributed by atoms with E-state index < -0.39 is 0 Å². The van der Waals surface area contributed by atoms with E-state index in [0.717, 1.165) is 17.0 Å². The van der Waals surface area contributed by atoms with Crippen LogP contribution in [0.2, 0.25) is 0 Å². The van der Waals surface area contributed by atoms with Crippen LogP contribution in [0.1, 0.15) is 6.92 Å². The van der Waals surface area contributed by atoms with Gasteiger partial charge in [0.2, 0.25) is 0 Å². The molecular formula is C14H17N3O. The smallest absolute Gasteiger partial charge is 0.131 e. The van der Waals surface area contributed by atoms with Crippen LogP contribution in [0.5, 0.6) is 5.75 Å². The predicted molar refractivity (Wildman–Crippen MR) is 73.4 cm³/mol. The van der Waals surface area contributed by atoms with Crippen LogP contribution in [0.15, 0.2) is 43.2 Å². The number of benzene rings is 1. The summed E-state index contributed by atoms with van der Waals surface area (Å²) < 4.78 is 7.26. The molecule has 0 unspecified atom stereocenters. The lowest BCUT2D eigenvalue weighted by molar-refractivity contribution is 0.340. The SMILES string of the molecule is C=CCn1cnc(-c2ccc(OCC)cc2)c1N. The molecular weight excluding hydrogens is 226 g/mol. The molecule has 2 aromatic rings. The molecule has 1 aromatic carbocycles. The van der Waals surface area contributed by atoms with Crippen LogP contribution in [0.4, 0.5) is 5.82 Å². The summed E-state index contributed by atoms with van der Waals surface area (Å²) in [4.78, 5) is 4.33. The first-order valence-corrected chi connectivity index (χ1v) is 5.91. The maximum Gasteiger partial charge on any atom is 0.131 e. The van der Waals surface area contributed by atoms with Crippen LogP contribution < -0.4 is 10.5 Å². The average Bonchev–Trinajstić information content (AvgIpc) is 2.73. The number of anilines is 1. The van der Waals surface area contributed by atoms with Crippen LogP contribution in [0.25, 0.3) is 11.3 Å². The zero-order chi connectivity index (χ0) is 13.0. The van der Waals surface area contributed by atoms with Crippen LogP contribution in [0.3, 0.4) is 0 Å². The van der Waals surface area contributed by atoms with E-state index in [9.17, 15) is 0 Å². The minimum absolute atomic E-state index is 0.652. The van der Waals surface area contributed by atoms with Crippen LogP contribution in [-0.2, 0) is 6.54 Å². The highest BCUT2D eigenvalue weighted by atomic mass is 16.5. The lowest BCUT2D eigenvalue weighted by Crippen LogP contribution is -2.00. The molecule has 2 N–H and O–H groups in total. The lowest BCUT2D eigenvalue weighted by Gasteiger charge is -2.05. The fourth-order valence-electron chi connectivity index (χ4n) is 1.77. The number of nitrogens with two attached hydrogens (primary N) is 1. The summed E-state index contributed by atoms with van der Waals surface area (Å²) in [5.41, 5.74) is 7.82. The van der Waals surface area contributed by atoms with Gasteiger partial charge < -0.3 is 15.0 Å². The van der Waals surface area contributed by atoms with Crippen molar-refractivity contribution in [3.63, 3.8) is 0 Å². The largest absolute Gasteiger partial charge is 0.494 e. The Kier molecular flexibility index (Phi) is 3.67. The highest BCUT2D eigenvalue weighted by Gasteiger charge is 2.08. The van der Waals surface area contributed by atoms with E-state index in [-0.39, 0.29) is 0 Å². The molecule has 4 nitrogen and oxygen atoms in total. The van der Waals surface area contributed by atoms with E-state index in [1.807, 2.05) is 35.8 Å². The topological polar surface area (TPSA) is 53.1 Å². The number of hydrogen-bond acceptors (Lipinski definition) is 3. The molecule has 0 aliphatic heterocycles. The van der Waals surface area contributed by atoms with Crippen LogP contribution in [-0.4, -0.2) is 16.2 Å². The van der Waals surface area contributed by atoms with E-state index in [1.54, 1.807) is 12.4 Å². The van der Waals surface area contributed by atoms with Gasteiger partial charge in [0.15, 0.2) is 0 Å². The molecule has 0 aliphatic rings. The van der Waals surface area contributed by atoms with E-state index >= 15 is 0 Å².